The van der Waals surface area contributed by atoms with Crippen molar-refractivity contribution in [2.24, 2.45) is 0 Å². The molecule has 0 spiro atoms. The van der Waals surface area contributed by atoms with Gasteiger partial charge in [-0.15, -0.1) is 0 Å². The van der Waals surface area contributed by atoms with Gasteiger partial charge in [-0.3, -0.25) is 9.59 Å². The molecule has 2 aromatic rings. The Morgan fingerprint density at radius 2 is 2.08 bits per heavy atom. The third-order valence-electron chi connectivity index (χ3n) is 4.25. The lowest BCUT2D eigenvalue weighted by Gasteiger charge is -2.24. The monoisotopic (exact) mass is 334 g/mol. The fraction of sp³-hybridized carbons (Fsp3) is 0.263. The van der Waals surface area contributed by atoms with Crippen molar-refractivity contribution in [2.45, 2.75) is 32.4 Å². The predicted octanol–water partition coefficient (Wildman–Crippen LogP) is 2.39. The van der Waals surface area contributed by atoms with E-state index in [-0.39, 0.29) is 11.8 Å². The Balaban J connectivity index is 1.70. The van der Waals surface area contributed by atoms with Gasteiger partial charge in [-0.1, -0.05) is 29.8 Å². The number of aryl methyl sites for hydroxylation is 1. The van der Waals surface area contributed by atoms with Gasteiger partial charge >= 0.3 is 0 Å². The molecule has 2 amide bonds. The van der Waals surface area contributed by atoms with Crippen LogP contribution in [-0.2, 0) is 16.1 Å². The van der Waals surface area contributed by atoms with E-state index < -0.39 is 6.04 Å². The maximum Gasteiger partial charge on any atom is 0.248 e. The maximum absolute atomic E-state index is 12.6. The Morgan fingerprint density at radius 1 is 1.32 bits per heavy atom. The Hall–Kier alpha value is -3.20. The highest BCUT2D eigenvalue weighted by molar-refractivity contribution is 5.98. The molecule has 1 aromatic heterocycles. The number of nitrogens with one attached hydrogen (secondary N) is 1. The summed E-state index contributed by atoms with van der Waals surface area (Å²) in [6, 6.07) is 12.6. The molecule has 2 heterocycles. The van der Waals surface area contributed by atoms with E-state index in [2.05, 4.69) is 10.3 Å². The van der Waals surface area contributed by atoms with Crippen LogP contribution in [0.4, 0.5) is 5.82 Å². The minimum atomic E-state index is -0.508. The van der Waals surface area contributed by atoms with Gasteiger partial charge in [0.15, 0.2) is 0 Å². The van der Waals surface area contributed by atoms with Gasteiger partial charge < -0.3 is 10.2 Å². The van der Waals surface area contributed by atoms with E-state index >= 15 is 0 Å². The van der Waals surface area contributed by atoms with E-state index in [4.69, 9.17) is 5.26 Å². The lowest BCUT2D eigenvalue weighted by atomic mass is 10.1. The summed E-state index contributed by atoms with van der Waals surface area (Å²) in [5, 5.41) is 11.5. The summed E-state index contributed by atoms with van der Waals surface area (Å²) < 4.78 is 0. The van der Waals surface area contributed by atoms with Gasteiger partial charge in [0, 0.05) is 19.2 Å². The number of amides is 2. The van der Waals surface area contributed by atoms with Gasteiger partial charge in [0.1, 0.15) is 17.9 Å². The fourth-order valence-electron chi connectivity index (χ4n) is 2.84. The second-order valence-corrected chi connectivity index (χ2v) is 6.09. The Labute approximate surface area is 146 Å². The quantitative estimate of drug-likeness (QED) is 0.930. The number of carbonyl (C=O) groups is 2. The van der Waals surface area contributed by atoms with Crippen LogP contribution < -0.4 is 5.32 Å². The number of rotatable bonds is 4. The molecular formula is C19H18N4O2. The molecule has 1 saturated heterocycles. The van der Waals surface area contributed by atoms with Gasteiger partial charge in [0.25, 0.3) is 0 Å². The van der Waals surface area contributed by atoms with Crippen molar-refractivity contribution in [3.8, 4) is 6.07 Å². The lowest BCUT2D eigenvalue weighted by molar-refractivity contribution is -0.133. The number of likely N-dealkylation sites (tertiary alicyclic amines) is 1. The number of nitrogens with zero attached hydrogens (tertiary/aromatic N) is 3. The molecule has 1 atom stereocenters. The minimum absolute atomic E-state index is 0.0199. The molecule has 3 rings (SSSR count). The number of pyridine rings is 1. The van der Waals surface area contributed by atoms with Gasteiger partial charge in [-0.25, -0.2) is 4.98 Å². The van der Waals surface area contributed by atoms with Crippen molar-refractivity contribution < 1.29 is 9.59 Å². The second kappa shape index (κ2) is 7.14. The van der Waals surface area contributed by atoms with E-state index in [0.29, 0.717) is 30.8 Å². The fourth-order valence-corrected chi connectivity index (χ4v) is 2.84. The first-order valence-corrected chi connectivity index (χ1v) is 8.09. The topological polar surface area (TPSA) is 86.1 Å². The molecule has 0 aliphatic carbocycles. The largest absolute Gasteiger partial charge is 0.326 e. The number of carbonyl (C=O) groups excluding carboxylic acids is 2. The summed E-state index contributed by atoms with van der Waals surface area (Å²) in [4.78, 5) is 30.4. The van der Waals surface area contributed by atoms with Crippen LogP contribution in [0.15, 0.2) is 42.6 Å². The van der Waals surface area contributed by atoms with Crippen LogP contribution in [0.1, 0.15) is 29.5 Å². The third-order valence-corrected chi connectivity index (χ3v) is 4.25. The molecule has 6 nitrogen and oxygen atoms in total. The van der Waals surface area contributed by atoms with Crippen LogP contribution in [0, 0.1) is 18.3 Å². The summed E-state index contributed by atoms with van der Waals surface area (Å²) in [5.41, 5.74) is 2.57. The van der Waals surface area contributed by atoms with Crippen molar-refractivity contribution in [1.82, 2.24) is 9.88 Å². The van der Waals surface area contributed by atoms with Crippen molar-refractivity contribution in [3.05, 3.63) is 59.3 Å². The summed E-state index contributed by atoms with van der Waals surface area (Å²) in [7, 11) is 0. The standard InChI is InChI=1S/C19H18N4O2/c1-13-2-4-14(5-3-13)12-23-16(7-9-18(23)24)19(25)22-17-8-6-15(10-20)11-21-17/h2-6,8,11,16H,7,9,12H2,1H3,(H,21,22,25)/t16-/m1/s1. The SMILES string of the molecule is Cc1ccc(CN2C(=O)CC[C@@H]2C(=O)Nc2ccc(C#N)cn2)cc1. The second-order valence-electron chi connectivity index (χ2n) is 6.09. The van der Waals surface area contributed by atoms with E-state index in [1.807, 2.05) is 37.3 Å². The van der Waals surface area contributed by atoms with Gasteiger partial charge in [0.05, 0.1) is 5.56 Å². The number of hydrogen-bond acceptors (Lipinski definition) is 4. The normalized spacial score (nSPS) is 16.6. The van der Waals surface area contributed by atoms with Crippen LogP contribution in [-0.4, -0.2) is 27.7 Å². The maximum atomic E-state index is 12.6. The summed E-state index contributed by atoms with van der Waals surface area (Å²) in [6.45, 7) is 2.42. The van der Waals surface area contributed by atoms with E-state index in [1.165, 1.54) is 6.20 Å². The zero-order valence-electron chi connectivity index (χ0n) is 13.9. The highest BCUT2D eigenvalue weighted by atomic mass is 16.2. The lowest BCUT2D eigenvalue weighted by Crippen LogP contribution is -2.41. The summed E-state index contributed by atoms with van der Waals surface area (Å²) >= 11 is 0. The smallest absolute Gasteiger partial charge is 0.248 e. The van der Waals surface area contributed by atoms with Gasteiger partial charge in [-0.2, -0.15) is 5.26 Å². The molecular weight excluding hydrogens is 316 g/mol. The number of benzene rings is 1. The molecule has 0 radical (unpaired) electrons. The molecule has 1 N–H and O–H groups in total. The number of anilines is 1. The molecule has 1 fully saturated rings. The summed E-state index contributed by atoms with van der Waals surface area (Å²) in [6.07, 6.45) is 2.26. The Morgan fingerprint density at radius 3 is 2.72 bits per heavy atom. The first kappa shape index (κ1) is 16.7. The first-order chi connectivity index (χ1) is 12.1. The zero-order chi connectivity index (χ0) is 17.8. The van der Waals surface area contributed by atoms with Gasteiger partial charge in [0.2, 0.25) is 11.8 Å². The van der Waals surface area contributed by atoms with Crippen molar-refractivity contribution in [3.63, 3.8) is 0 Å². The average molecular weight is 334 g/mol. The van der Waals surface area contributed by atoms with Crippen LogP contribution in [0.5, 0.6) is 0 Å². The summed E-state index contributed by atoms with van der Waals surface area (Å²) in [5.74, 6) is 0.0994. The van der Waals surface area contributed by atoms with Crippen LogP contribution in [0.2, 0.25) is 0 Å². The third kappa shape index (κ3) is 3.83. The Kier molecular flexibility index (Phi) is 4.75. The van der Waals surface area contributed by atoms with E-state index in [1.54, 1.807) is 17.0 Å². The molecule has 25 heavy (non-hydrogen) atoms. The average Bonchev–Trinajstić information content (AvgIpc) is 2.98. The molecule has 1 aliphatic heterocycles. The molecule has 126 valence electrons. The predicted molar refractivity (Wildman–Crippen MR) is 92.3 cm³/mol. The van der Waals surface area contributed by atoms with E-state index in [9.17, 15) is 9.59 Å². The minimum Gasteiger partial charge on any atom is -0.326 e. The Bertz CT molecular complexity index is 822. The number of hydrogen-bond donors (Lipinski definition) is 1. The molecule has 1 aromatic carbocycles. The van der Waals surface area contributed by atoms with Gasteiger partial charge in [-0.05, 0) is 31.0 Å². The molecule has 0 saturated carbocycles. The number of aromatic nitrogens is 1. The molecule has 6 heteroatoms. The molecule has 0 bridgehead atoms. The first-order valence-electron chi connectivity index (χ1n) is 8.09. The van der Waals surface area contributed by atoms with E-state index in [0.717, 1.165) is 11.1 Å². The van der Waals surface area contributed by atoms with Crippen molar-refractivity contribution in [2.75, 3.05) is 5.32 Å². The van der Waals surface area contributed by atoms with Crippen molar-refractivity contribution >= 4 is 17.6 Å². The van der Waals surface area contributed by atoms with Crippen LogP contribution in [0.25, 0.3) is 0 Å². The molecule has 1 aliphatic rings. The van der Waals surface area contributed by atoms with Crippen LogP contribution in [0.3, 0.4) is 0 Å². The number of nitriles is 1. The highest BCUT2D eigenvalue weighted by Crippen LogP contribution is 2.23. The molecule has 0 unspecified atom stereocenters. The zero-order valence-corrected chi connectivity index (χ0v) is 13.9. The van der Waals surface area contributed by atoms with Crippen LogP contribution >= 0.6 is 0 Å². The highest BCUT2D eigenvalue weighted by Gasteiger charge is 2.36. The van der Waals surface area contributed by atoms with Crippen molar-refractivity contribution in [1.29, 1.82) is 5.26 Å².